The lowest BCUT2D eigenvalue weighted by atomic mass is 9.96. The molecule has 3 aromatic carbocycles. The van der Waals surface area contributed by atoms with Crippen molar-refractivity contribution >= 4 is 52.7 Å². The first-order valence-electron chi connectivity index (χ1n) is 18.4. The fraction of sp³-hybridized carbons (Fsp3) is 0.439. The number of nitrogens with one attached hydrogen (secondary N) is 4. The third-order valence-electron chi connectivity index (χ3n) is 9.47. The molecule has 0 aliphatic heterocycles. The van der Waals surface area contributed by atoms with Crippen LogP contribution in [0.3, 0.4) is 0 Å². The molecule has 0 unspecified atom stereocenters. The van der Waals surface area contributed by atoms with Crippen molar-refractivity contribution in [1.82, 2.24) is 21.3 Å². The van der Waals surface area contributed by atoms with Gasteiger partial charge in [-0.25, -0.2) is 4.79 Å². The minimum absolute atomic E-state index is 0.0928. The van der Waals surface area contributed by atoms with Crippen molar-refractivity contribution < 1.29 is 38.8 Å². The Kier molecular flexibility index (Phi) is 15.7. The summed E-state index contributed by atoms with van der Waals surface area (Å²) in [5, 5.41) is 32.1. The third-order valence-corrected chi connectivity index (χ3v) is 12.7. The van der Waals surface area contributed by atoms with E-state index in [2.05, 4.69) is 21.3 Å². The zero-order chi connectivity index (χ0) is 40.3. The number of carboxylic acid groups (broad SMARTS) is 1. The predicted octanol–water partition coefficient (Wildman–Crippen LogP) is 3.40. The summed E-state index contributed by atoms with van der Waals surface area (Å²) in [5.74, 6) is -5.05. The number of aliphatic carboxylic acids is 1. The summed E-state index contributed by atoms with van der Waals surface area (Å²) in [6, 6.07) is 18.2. The molecule has 6 atom stereocenters. The maximum Gasteiger partial charge on any atom is 0.326 e. The maximum atomic E-state index is 15.1. The average Bonchev–Trinajstić information content (AvgIpc) is 3.13. The summed E-state index contributed by atoms with van der Waals surface area (Å²) in [6.45, 7) is 13.7. The summed E-state index contributed by atoms with van der Waals surface area (Å²) < 4.78 is 15.1. The van der Waals surface area contributed by atoms with E-state index in [1.54, 1.807) is 63.2 Å². The van der Waals surface area contributed by atoms with E-state index in [9.17, 15) is 34.2 Å². The molecular formula is C41H55N4O8P. The molecule has 0 aliphatic carbocycles. The van der Waals surface area contributed by atoms with Crippen molar-refractivity contribution in [3.63, 3.8) is 0 Å². The summed E-state index contributed by atoms with van der Waals surface area (Å²) in [5.41, 5.74) is 0.931. The van der Waals surface area contributed by atoms with Crippen LogP contribution in [0.15, 0.2) is 78.9 Å². The van der Waals surface area contributed by atoms with Gasteiger partial charge in [-0.1, -0.05) is 115 Å². The van der Waals surface area contributed by atoms with Crippen molar-refractivity contribution in [2.75, 3.05) is 0 Å². The van der Waals surface area contributed by atoms with Gasteiger partial charge < -0.3 is 36.0 Å². The average molecular weight is 763 g/mol. The van der Waals surface area contributed by atoms with E-state index in [0.29, 0.717) is 22.3 Å². The molecule has 0 spiro atoms. The van der Waals surface area contributed by atoms with Crippen LogP contribution in [0, 0.1) is 24.7 Å². The van der Waals surface area contributed by atoms with Gasteiger partial charge >= 0.3 is 5.97 Å². The Bertz CT molecular complexity index is 1770. The minimum atomic E-state index is -3.43. The normalized spacial score (nSPS) is 14.9. The smallest absolute Gasteiger partial charge is 0.326 e. The molecule has 0 bridgehead atoms. The highest BCUT2D eigenvalue weighted by Gasteiger charge is 2.36. The Morgan fingerprint density at radius 3 is 1.67 bits per heavy atom. The lowest BCUT2D eigenvalue weighted by Gasteiger charge is -2.29. The van der Waals surface area contributed by atoms with Gasteiger partial charge in [0.25, 0.3) is 5.91 Å². The number of carbonyl (C=O) groups is 5. The van der Waals surface area contributed by atoms with Crippen LogP contribution in [0.25, 0.3) is 0 Å². The van der Waals surface area contributed by atoms with Crippen molar-refractivity contribution in [3.05, 3.63) is 90.0 Å². The minimum Gasteiger partial charge on any atom is -0.480 e. The number of benzene rings is 3. The molecule has 0 aliphatic rings. The molecule has 0 heterocycles. The number of aliphatic hydroxyl groups excluding tert-OH is 1. The Morgan fingerprint density at radius 2 is 1.20 bits per heavy atom. The molecule has 0 saturated heterocycles. The van der Waals surface area contributed by atoms with Gasteiger partial charge in [-0.2, -0.15) is 0 Å². The topological polar surface area (TPSA) is 191 Å². The quantitative estimate of drug-likeness (QED) is 0.106. The second-order valence-corrected chi connectivity index (χ2v) is 17.3. The molecular weight excluding hydrogens is 707 g/mol. The number of hydrogen-bond acceptors (Lipinski definition) is 7. The lowest BCUT2D eigenvalue weighted by molar-refractivity contribution is -0.144. The second-order valence-electron chi connectivity index (χ2n) is 14.6. The maximum absolute atomic E-state index is 15.1. The Morgan fingerprint density at radius 1 is 0.685 bits per heavy atom. The highest BCUT2D eigenvalue weighted by molar-refractivity contribution is 7.85. The summed E-state index contributed by atoms with van der Waals surface area (Å²) >= 11 is 0. The van der Waals surface area contributed by atoms with E-state index in [1.807, 2.05) is 64.1 Å². The molecule has 6 N–H and O–H groups in total. The van der Waals surface area contributed by atoms with Crippen LogP contribution in [0.5, 0.6) is 0 Å². The fourth-order valence-corrected chi connectivity index (χ4v) is 9.03. The Labute approximate surface area is 318 Å². The molecule has 4 amide bonds. The highest BCUT2D eigenvalue weighted by atomic mass is 31.2. The van der Waals surface area contributed by atoms with E-state index in [-0.39, 0.29) is 23.8 Å². The molecule has 3 aromatic rings. The standard InChI is InChI=1S/C41H55N4O8P/c1-9-26(6)35(39(49)42-32(22-24(2)3)38(48)45-36(28(8)46)40(50)43-34(25(4)5)41(51)52)44-37(47)29-21-20-27(7)33(23-29)54(53,30-16-12-10-13-17-30)31-18-14-11-15-19-31/h10-21,23-26,28,32,34-36,46H,9,22H2,1-8H3,(H,42,49)(H,43,50)(H,44,47)(H,45,48)(H,51,52)/t26-,28+,32-,34-,35-,36-/m0/s1. The summed E-state index contributed by atoms with van der Waals surface area (Å²) in [7, 11) is -3.43. The number of hydrogen-bond donors (Lipinski definition) is 6. The molecule has 3 rings (SSSR count). The van der Waals surface area contributed by atoms with Crippen molar-refractivity contribution in [2.24, 2.45) is 17.8 Å². The first-order valence-corrected chi connectivity index (χ1v) is 20.1. The van der Waals surface area contributed by atoms with Gasteiger partial charge in [0.2, 0.25) is 17.7 Å². The van der Waals surface area contributed by atoms with Crippen molar-refractivity contribution in [1.29, 1.82) is 0 Å². The predicted molar refractivity (Wildman–Crippen MR) is 211 cm³/mol. The third kappa shape index (κ3) is 10.9. The summed E-state index contributed by atoms with van der Waals surface area (Å²) in [4.78, 5) is 66.3. The first kappa shape index (κ1) is 43.6. The molecule has 0 aromatic heterocycles. The van der Waals surface area contributed by atoms with Crippen LogP contribution >= 0.6 is 7.14 Å². The number of carboxylic acids is 1. The molecule has 54 heavy (non-hydrogen) atoms. The number of carbonyl (C=O) groups excluding carboxylic acids is 4. The van der Waals surface area contributed by atoms with Crippen LogP contribution in [0.4, 0.5) is 0 Å². The number of rotatable bonds is 18. The molecule has 0 saturated carbocycles. The van der Waals surface area contributed by atoms with Crippen molar-refractivity contribution in [3.8, 4) is 0 Å². The van der Waals surface area contributed by atoms with E-state index in [0.717, 1.165) is 5.56 Å². The lowest BCUT2D eigenvalue weighted by Crippen LogP contribution is -2.61. The van der Waals surface area contributed by atoms with Crippen LogP contribution in [-0.4, -0.2) is 70.1 Å². The zero-order valence-electron chi connectivity index (χ0n) is 32.3. The molecule has 0 radical (unpaired) electrons. The van der Waals surface area contributed by atoms with Crippen molar-refractivity contribution in [2.45, 2.75) is 98.5 Å². The molecule has 13 heteroatoms. The Hall–Kier alpha value is -4.80. The van der Waals surface area contributed by atoms with Crippen LogP contribution in [-0.2, 0) is 23.7 Å². The van der Waals surface area contributed by atoms with Gasteiger partial charge in [0.1, 0.15) is 24.2 Å². The van der Waals surface area contributed by atoms with Crippen LogP contribution < -0.4 is 37.2 Å². The van der Waals surface area contributed by atoms with Gasteiger partial charge in [0, 0.05) is 21.5 Å². The highest BCUT2D eigenvalue weighted by Crippen LogP contribution is 2.43. The first-order chi connectivity index (χ1) is 25.4. The number of aryl methyl sites for hydroxylation is 1. The van der Waals surface area contributed by atoms with Gasteiger partial charge in [0.15, 0.2) is 7.14 Å². The SMILES string of the molecule is CC[C@H](C)[C@H](NC(=O)c1ccc(C)c(P(=O)(c2ccccc2)c2ccccc2)c1)C(=O)N[C@@H](CC(C)C)C(=O)N[C@H](C(=O)N[C@H](C(=O)O)C(C)C)[C@@H](C)O. The van der Waals surface area contributed by atoms with E-state index >= 15 is 4.57 Å². The molecule has 292 valence electrons. The fourth-order valence-electron chi connectivity index (χ4n) is 6.10. The zero-order valence-corrected chi connectivity index (χ0v) is 33.2. The Balaban J connectivity index is 1.92. The van der Waals surface area contributed by atoms with Gasteiger partial charge in [0.05, 0.1) is 6.10 Å². The number of amides is 4. The van der Waals surface area contributed by atoms with E-state index < -0.39 is 72.9 Å². The van der Waals surface area contributed by atoms with E-state index in [1.165, 1.54) is 6.92 Å². The largest absolute Gasteiger partial charge is 0.480 e. The van der Waals surface area contributed by atoms with Crippen LogP contribution in [0.2, 0.25) is 0 Å². The van der Waals surface area contributed by atoms with Crippen LogP contribution in [0.1, 0.15) is 77.2 Å². The van der Waals surface area contributed by atoms with Gasteiger partial charge in [-0.05, 0) is 55.7 Å². The molecule has 0 fully saturated rings. The van der Waals surface area contributed by atoms with Gasteiger partial charge in [-0.15, -0.1) is 0 Å². The number of aliphatic hydroxyl groups is 1. The summed E-state index contributed by atoms with van der Waals surface area (Å²) in [6.07, 6.45) is -0.732. The van der Waals surface area contributed by atoms with Gasteiger partial charge in [-0.3, -0.25) is 19.2 Å². The van der Waals surface area contributed by atoms with E-state index in [4.69, 9.17) is 0 Å². The monoisotopic (exact) mass is 762 g/mol. The second kappa shape index (κ2) is 19.5. The molecule has 12 nitrogen and oxygen atoms in total.